The van der Waals surface area contributed by atoms with Gasteiger partial charge in [0.05, 0.1) is 18.2 Å². The van der Waals surface area contributed by atoms with Gasteiger partial charge in [-0.2, -0.15) is 0 Å². The number of hydrogen-bond acceptors (Lipinski definition) is 3. The Balaban J connectivity index is 1.68. The predicted molar refractivity (Wildman–Crippen MR) is 90.1 cm³/mol. The largest absolute Gasteiger partial charge is 0.491 e. The maximum Gasteiger partial charge on any atom is 0.321 e. The molecule has 1 saturated heterocycles. The first-order valence-corrected chi connectivity index (χ1v) is 8.63. The number of carboxylic acids is 1. The number of urea groups is 1. The number of amides is 2. The summed E-state index contributed by atoms with van der Waals surface area (Å²) in [7, 11) is 0. The molecule has 1 heterocycles. The number of likely N-dealkylation sites (tertiary alicyclic amines) is 1. The van der Waals surface area contributed by atoms with E-state index in [1.807, 2.05) is 6.92 Å². The maximum absolute atomic E-state index is 13.5. The van der Waals surface area contributed by atoms with Crippen molar-refractivity contribution in [2.45, 2.75) is 26.2 Å². The van der Waals surface area contributed by atoms with Crippen LogP contribution in [-0.2, 0) is 4.79 Å². The van der Waals surface area contributed by atoms with Crippen LogP contribution in [0, 0.1) is 23.6 Å². The van der Waals surface area contributed by atoms with Gasteiger partial charge in [-0.15, -0.1) is 0 Å². The molecule has 1 aromatic carbocycles. The van der Waals surface area contributed by atoms with Crippen molar-refractivity contribution in [1.29, 1.82) is 0 Å². The van der Waals surface area contributed by atoms with E-state index in [0.717, 1.165) is 12.8 Å². The molecule has 2 aliphatic rings. The topological polar surface area (TPSA) is 78.9 Å². The third-order valence-corrected chi connectivity index (χ3v) is 4.65. The highest BCUT2D eigenvalue weighted by Crippen LogP contribution is 2.32. The van der Waals surface area contributed by atoms with Gasteiger partial charge in [0, 0.05) is 19.2 Å². The Morgan fingerprint density at radius 3 is 2.80 bits per heavy atom. The summed E-state index contributed by atoms with van der Waals surface area (Å²) in [6.07, 6.45) is 2.78. The van der Waals surface area contributed by atoms with Crippen LogP contribution in [0.15, 0.2) is 18.2 Å². The first kappa shape index (κ1) is 17.5. The van der Waals surface area contributed by atoms with Crippen molar-refractivity contribution >= 4 is 17.7 Å². The summed E-state index contributed by atoms with van der Waals surface area (Å²) < 4.78 is 19.1. The van der Waals surface area contributed by atoms with Gasteiger partial charge in [0.2, 0.25) is 0 Å². The molecular formula is C18H23FN2O4. The zero-order valence-electron chi connectivity index (χ0n) is 14.2. The molecule has 2 unspecified atom stereocenters. The average molecular weight is 350 g/mol. The van der Waals surface area contributed by atoms with Crippen LogP contribution in [0.25, 0.3) is 0 Å². The molecule has 0 radical (unpaired) electrons. The fourth-order valence-electron chi connectivity index (χ4n) is 3.10. The number of nitrogens with one attached hydrogen (secondary N) is 1. The highest BCUT2D eigenvalue weighted by atomic mass is 19.1. The Kier molecular flexibility index (Phi) is 5.11. The molecule has 2 atom stereocenters. The number of carboxylic acid groups (broad SMARTS) is 1. The quantitative estimate of drug-likeness (QED) is 0.855. The van der Waals surface area contributed by atoms with Crippen LogP contribution in [0.5, 0.6) is 5.75 Å². The van der Waals surface area contributed by atoms with Crippen LogP contribution in [-0.4, -0.2) is 41.7 Å². The van der Waals surface area contributed by atoms with E-state index in [1.54, 1.807) is 0 Å². The van der Waals surface area contributed by atoms with Crippen molar-refractivity contribution in [2.24, 2.45) is 17.8 Å². The summed E-state index contributed by atoms with van der Waals surface area (Å²) in [6.45, 7) is 3.10. The molecule has 1 aliphatic carbocycles. The van der Waals surface area contributed by atoms with Crippen LogP contribution >= 0.6 is 0 Å². The van der Waals surface area contributed by atoms with Gasteiger partial charge in [-0.05, 0) is 43.2 Å². The minimum absolute atomic E-state index is 0.111. The van der Waals surface area contributed by atoms with Crippen LogP contribution in [0.3, 0.4) is 0 Å². The molecule has 0 bridgehead atoms. The molecule has 0 spiro atoms. The summed E-state index contributed by atoms with van der Waals surface area (Å²) in [5.41, 5.74) is 0.400. The standard InChI is InChI=1S/C18H23FN2O4/c1-11-6-13(17(22)23)9-21(8-11)18(24)20-15-5-4-14(19)7-16(15)25-10-12-2-3-12/h4-5,7,11-13H,2-3,6,8-10H2,1H3,(H,20,24)(H,22,23). The lowest BCUT2D eigenvalue weighted by Gasteiger charge is -2.34. The summed E-state index contributed by atoms with van der Waals surface area (Å²) in [6, 6.07) is 3.60. The number of rotatable bonds is 5. The lowest BCUT2D eigenvalue weighted by molar-refractivity contribution is -0.143. The van der Waals surface area contributed by atoms with Crippen LogP contribution in [0.1, 0.15) is 26.2 Å². The van der Waals surface area contributed by atoms with Gasteiger partial charge in [-0.1, -0.05) is 6.92 Å². The van der Waals surface area contributed by atoms with E-state index >= 15 is 0 Å². The molecule has 136 valence electrons. The number of piperidine rings is 1. The third-order valence-electron chi connectivity index (χ3n) is 4.65. The normalized spacial score (nSPS) is 23.2. The SMILES string of the molecule is CC1CC(C(=O)O)CN(C(=O)Nc2ccc(F)cc2OCC2CC2)C1. The van der Waals surface area contributed by atoms with E-state index in [0.29, 0.717) is 36.9 Å². The van der Waals surface area contributed by atoms with Gasteiger partial charge in [0.15, 0.2) is 0 Å². The molecular weight excluding hydrogens is 327 g/mol. The van der Waals surface area contributed by atoms with Crippen molar-refractivity contribution in [2.75, 3.05) is 25.0 Å². The highest BCUT2D eigenvalue weighted by molar-refractivity contribution is 5.91. The number of carbonyl (C=O) groups is 2. The number of benzene rings is 1. The summed E-state index contributed by atoms with van der Waals surface area (Å²) in [5.74, 6) is -0.959. The molecule has 6 nitrogen and oxygen atoms in total. The molecule has 2 fully saturated rings. The number of ether oxygens (including phenoxy) is 1. The Morgan fingerprint density at radius 2 is 2.12 bits per heavy atom. The summed E-state index contributed by atoms with van der Waals surface area (Å²) in [4.78, 5) is 25.3. The molecule has 1 saturated carbocycles. The molecule has 2 amide bonds. The van der Waals surface area contributed by atoms with Gasteiger partial charge in [-0.3, -0.25) is 4.79 Å². The van der Waals surface area contributed by atoms with Crippen molar-refractivity contribution in [3.05, 3.63) is 24.0 Å². The molecule has 0 aromatic heterocycles. The molecule has 3 rings (SSSR count). The number of nitrogens with zero attached hydrogens (tertiary/aromatic N) is 1. The van der Waals surface area contributed by atoms with Crippen molar-refractivity contribution in [3.63, 3.8) is 0 Å². The lowest BCUT2D eigenvalue weighted by atomic mass is 9.91. The van der Waals surface area contributed by atoms with Gasteiger partial charge in [-0.25, -0.2) is 9.18 Å². The molecule has 2 N–H and O–H groups in total. The van der Waals surface area contributed by atoms with Crippen LogP contribution in [0.2, 0.25) is 0 Å². The molecule has 25 heavy (non-hydrogen) atoms. The zero-order valence-corrected chi connectivity index (χ0v) is 14.2. The Hall–Kier alpha value is -2.31. The van der Waals surface area contributed by atoms with Gasteiger partial charge in [0.1, 0.15) is 11.6 Å². The maximum atomic E-state index is 13.5. The first-order chi connectivity index (χ1) is 11.9. The van der Waals surface area contributed by atoms with E-state index in [4.69, 9.17) is 4.74 Å². The monoisotopic (exact) mass is 350 g/mol. The van der Waals surface area contributed by atoms with E-state index in [9.17, 15) is 19.1 Å². The first-order valence-electron chi connectivity index (χ1n) is 8.63. The number of halogens is 1. The van der Waals surface area contributed by atoms with Gasteiger partial charge < -0.3 is 20.1 Å². The van der Waals surface area contributed by atoms with E-state index < -0.39 is 17.7 Å². The second-order valence-electron chi connectivity index (χ2n) is 7.11. The molecule has 1 aromatic rings. The molecule has 1 aliphatic heterocycles. The van der Waals surface area contributed by atoms with Gasteiger partial charge >= 0.3 is 12.0 Å². The Labute approximate surface area is 146 Å². The van der Waals surface area contributed by atoms with Crippen LogP contribution in [0.4, 0.5) is 14.9 Å². The zero-order chi connectivity index (χ0) is 18.0. The number of carbonyl (C=O) groups excluding carboxylic acids is 1. The summed E-state index contributed by atoms with van der Waals surface area (Å²) >= 11 is 0. The average Bonchev–Trinajstić information content (AvgIpc) is 3.38. The third kappa shape index (κ3) is 4.61. The smallest absolute Gasteiger partial charge is 0.321 e. The highest BCUT2D eigenvalue weighted by Gasteiger charge is 2.32. The predicted octanol–water partition coefficient (Wildman–Crippen LogP) is 3.19. The van der Waals surface area contributed by atoms with Gasteiger partial charge in [0.25, 0.3) is 0 Å². The minimum atomic E-state index is -0.889. The van der Waals surface area contributed by atoms with Crippen molar-refractivity contribution < 1.29 is 23.8 Å². The number of hydrogen-bond donors (Lipinski definition) is 2. The van der Waals surface area contributed by atoms with E-state index in [1.165, 1.54) is 23.1 Å². The van der Waals surface area contributed by atoms with E-state index in [2.05, 4.69) is 5.32 Å². The number of aliphatic carboxylic acids is 1. The summed E-state index contributed by atoms with van der Waals surface area (Å²) in [5, 5.41) is 12.0. The second kappa shape index (κ2) is 7.29. The second-order valence-corrected chi connectivity index (χ2v) is 7.11. The fourth-order valence-corrected chi connectivity index (χ4v) is 3.10. The lowest BCUT2D eigenvalue weighted by Crippen LogP contribution is -2.47. The van der Waals surface area contributed by atoms with Crippen molar-refractivity contribution in [1.82, 2.24) is 4.90 Å². The molecule has 7 heteroatoms. The Bertz CT molecular complexity index is 662. The fraction of sp³-hybridized carbons (Fsp3) is 0.556. The van der Waals surface area contributed by atoms with Crippen LogP contribution < -0.4 is 10.1 Å². The van der Waals surface area contributed by atoms with Crippen molar-refractivity contribution in [3.8, 4) is 5.75 Å². The minimum Gasteiger partial charge on any atom is -0.491 e. The number of anilines is 1. The van der Waals surface area contributed by atoms with E-state index in [-0.39, 0.29) is 18.5 Å². The Morgan fingerprint density at radius 1 is 1.36 bits per heavy atom.